The molecule has 4 nitrogen and oxygen atoms in total. The summed E-state index contributed by atoms with van der Waals surface area (Å²) >= 11 is 5.70. The van der Waals surface area contributed by atoms with Crippen molar-refractivity contribution in [3.63, 3.8) is 0 Å². The highest BCUT2D eigenvalue weighted by atomic mass is 35.5. The molecule has 0 saturated carbocycles. The van der Waals surface area contributed by atoms with Gasteiger partial charge in [0.1, 0.15) is 5.60 Å². The fourth-order valence-corrected chi connectivity index (χ4v) is 1.64. The van der Waals surface area contributed by atoms with Crippen LogP contribution in [0.4, 0.5) is 23.7 Å². The van der Waals surface area contributed by atoms with Gasteiger partial charge in [-0.25, -0.2) is 4.79 Å². The summed E-state index contributed by atoms with van der Waals surface area (Å²) in [5.41, 5.74) is -1.59. The molecule has 0 radical (unpaired) electrons. The van der Waals surface area contributed by atoms with E-state index in [2.05, 4.69) is 5.32 Å². The van der Waals surface area contributed by atoms with E-state index < -0.39 is 29.5 Å². The van der Waals surface area contributed by atoms with Gasteiger partial charge in [-0.1, -0.05) is 17.7 Å². The molecule has 1 rings (SSSR count). The molecule has 2 N–H and O–H groups in total. The van der Waals surface area contributed by atoms with Crippen LogP contribution in [0.3, 0.4) is 0 Å². The number of aliphatic hydroxyl groups excluding tert-OH is 1. The summed E-state index contributed by atoms with van der Waals surface area (Å²) in [4.78, 5) is 11.6. The lowest BCUT2D eigenvalue weighted by atomic mass is 10.1. The molecule has 21 heavy (non-hydrogen) atoms. The van der Waals surface area contributed by atoms with Crippen LogP contribution < -0.4 is 5.32 Å². The number of ether oxygens (including phenoxy) is 1. The number of nitrogens with one attached hydrogen (secondary N) is 1. The van der Waals surface area contributed by atoms with E-state index in [1.807, 2.05) is 0 Å². The number of anilines is 1. The third-order valence-electron chi connectivity index (χ3n) is 2.26. The average Bonchev–Trinajstić information content (AvgIpc) is 2.24. The highest BCUT2D eigenvalue weighted by molar-refractivity contribution is 6.31. The third kappa shape index (κ3) is 5.43. The Morgan fingerprint density at radius 2 is 1.90 bits per heavy atom. The first-order chi connectivity index (χ1) is 9.40. The predicted molar refractivity (Wildman–Crippen MR) is 72.3 cm³/mol. The number of amides is 1. The van der Waals surface area contributed by atoms with Crippen molar-refractivity contribution >= 4 is 23.4 Å². The molecule has 1 atom stereocenters. The Balaban J connectivity index is 3.06. The van der Waals surface area contributed by atoms with Gasteiger partial charge in [0, 0.05) is 10.6 Å². The van der Waals surface area contributed by atoms with Gasteiger partial charge in [0.25, 0.3) is 0 Å². The molecule has 0 spiro atoms. The third-order valence-corrected chi connectivity index (χ3v) is 2.49. The van der Waals surface area contributed by atoms with Crippen LogP contribution in [0.15, 0.2) is 18.2 Å². The van der Waals surface area contributed by atoms with E-state index in [1.165, 1.54) is 6.07 Å². The Hall–Kier alpha value is -1.47. The number of hydrogen-bond acceptors (Lipinski definition) is 3. The molecule has 0 aromatic heterocycles. The SMILES string of the molecule is CC(C)(C)OC(=O)Nc1cc(Cl)ccc1[C@@H](O)C(F)(F)F. The zero-order valence-electron chi connectivity index (χ0n) is 11.6. The Bertz CT molecular complexity index is 526. The molecule has 1 amide bonds. The molecule has 1 aromatic rings. The summed E-state index contributed by atoms with van der Waals surface area (Å²) in [6.45, 7) is 4.82. The van der Waals surface area contributed by atoms with E-state index in [1.54, 1.807) is 20.8 Å². The van der Waals surface area contributed by atoms with Gasteiger partial charge >= 0.3 is 12.3 Å². The second-order valence-electron chi connectivity index (χ2n) is 5.30. The minimum absolute atomic E-state index is 0.110. The quantitative estimate of drug-likeness (QED) is 0.853. The zero-order valence-corrected chi connectivity index (χ0v) is 12.3. The van der Waals surface area contributed by atoms with E-state index in [4.69, 9.17) is 16.3 Å². The van der Waals surface area contributed by atoms with Crippen LogP contribution in [0.1, 0.15) is 32.4 Å². The topological polar surface area (TPSA) is 58.6 Å². The minimum atomic E-state index is -4.86. The summed E-state index contributed by atoms with van der Waals surface area (Å²) in [5, 5.41) is 11.6. The normalized spacial score (nSPS) is 13.7. The minimum Gasteiger partial charge on any atom is -0.444 e. The molecule has 8 heteroatoms. The van der Waals surface area contributed by atoms with Crippen molar-refractivity contribution in [2.24, 2.45) is 0 Å². The monoisotopic (exact) mass is 325 g/mol. The summed E-state index contributed by atoms with van der Waals surface area (Å²) in [6.07, 6.45) is -8.54. The molecule has 0 aliphatic heterocycles. The van der Waals surface area contributed by atoms with Crippen molar-refractivity contribution in [1.82, 2.24) is 0 Å². The number of halogens is 4. The van der Waals surface area contributed by atoms with E-state index >= 15 is 0 Å². The largest absolute Gasteiger partial charge is 0.444 e. The van der Waals surface area contributed by atoms with Crippen molar-refractivity contribution < 1.29 is 27.8 Å². The molecule has 0 unspecified atom stereocenters. The Labute approximate surface area is 124 Å². The highest BCUT2D eigenvalue weighted by Crippen LogP contribution is 2.37. The maximum Gasteiger partial charge on any atom is 0.418 e. The summed E-state index contributed by atoms with van der Waals surface area (Å²) in [6, 6.07) is 3.29. The maximum atomic E-state index is 12.6. The molecule has 0 aliphatic carbocycles. The van der Waals surface area contributed by atoms with Crippen molar-refractivity contribution in [3.05, 3.63) is 28.8 Å². The van der Waals surface area contributed by atoms with Crippen LogP contribution >= 0.6 is 11.6 Å². The molecule has 0 aliphatic rings. The molecular weight excluding hydrogens is 311 g/mol. The number of hydrogen-bond donors (Lipinski definition) is 2. The summed E-state index contributed by atoms with van der Waals surface area (Å²) in [7, 11) is 0. The maximum absolute atomic E-state index is 12.6. The molecule has 118 valence electrons. The lowest BCUT2D eigenvalue weighted by Crippen LogP contribution is -2.28. The van der Waals surface area contributed by atoms with Gasteiger partial charge in [0.05, 0.1) is 5.69 Å². The average molecular weight is 326 g/mol. The smallest absolute Gasteiger partial charge is 0.418 e. The Kier molecular flexibility index (Phi) is 5.11. The Morgan fingerprint density at radius 3 is 2.38 bits per heavy atom. The molecule has 0 saturated heterocycles. The van der Waals surface area contributed by atoms with Crippen molar-refractivity contribution in [2.45, 2.75) is 38.7 Å². The fourth-order valence-electron chi connectivity index (χ4n) is 1.47. The van der Waals surface area contributed by atoms with Crippen LogP contribution in [0.5, 0.6) is 0 Å². The van der Waals surface area contributed by atoms with E-state index in [0.29, 0.717) is 0 Å². The van der Waals surface area contributed by atoms with E-state index in [-0.39, 0.29) is 10.7 Å². The van der Waals surface area contributed by atoms with E-state index in [0.717, 1.165) is 12.1 Å². The van der Waals surface area contributed by atoms with Crippen molar-refractivity contribution in [3.8, 4) is 0 Å². The second-order valence-corrected chi connectivity index (χ2v) is 5.74. The molecule has 1 aromatic carbocycles. The molecule has 0 bridgehead atoms. The van der Waals surface area contributed by atoms with Gasteiger partial charge < -0.3 is 9.84 Å². The van der Waals surface area contributed by atoms with Gasteiger partial charge in [-0.05, 0) is 32.9 Å². The number of carbonyl (C=O) groups is 1. The number of carbonyl (C=O) groups excluding carboxylic acids is 1. The van der Waals surface area contributed by atoms with Crippen LogP contribution in [0.25, 0.3) is 0 Å². The van der Waals surface area contributed by atoms with Gasteiger partial charge in [-0.3, -0.25) is 5.32 Å². The van der Waals surface area contributed by atoms with Crippen molar-refractivity contribution in [2.75, 3.05) is 5.32 Å². The second kappa shape index (κ2) is 6.11. The predicted octanol–water partition coefficient (Wildman–Crippen LogP) is 4.28. The van der Waals surface area contributed by atoms with Crippen molar-refractivity contribution in [1.29, 1.82) is 0 Å². The zero-order chi connectivity index (χ0) is 16.4. The fraction of sp³-hybridized carbons (Fsp3) is 0.462. The number of benzene rings is 1. The Morgan fingerprint density at radius 1 is 1.33 bits per heavy atom. The van der Waals surface area contributed by atoms with E-state index in [9.17, 15) is 23.1 Å². The van der Waals surface area contributed by atoms with Crippen LogP contribution in [0, 0.1) is 0 Å². The summed E-state index contributed by atoms with van der Waals surface area (Å²) < 4.78 is 42.7. The molecule has 0 heterocycles. The number of alkyl halides is 3. The standard InChI is InChI=1S/C13H15ClF3NO3/c1-12(2,3)21-11(20)18-9-6-7(14)4-5-8(9)10(19)13(15,16)17/h4-6,10,19H,1-3H3,(H,18,20)/t10-/m1/s1. The lowest BCUT2D eigenvalue weighted by molar-refractivity contribution is -0.206. The first-order valence-electron chi connectivity index (χ1n) is 5.94. The summed E-state index contributed by atoms with van der Waals surface area (Å²) in [5.74, 6) is 0. The van der Waals surface area contributed by atoms with Gasteiger partial charge in [0.15, 0.2) is 6.10 Å². The number of aliphatic hydroxyl groups is 1. The number of rotatable bonds is 2. The van der Waals surface area contributed by atoms with Crippen LogP contribution in [0.2, 0.25) is 5.02 Å². The lowest BCUT2D eigenvalue weighted by Gasteiger charge is -2.22. The van der Waals surface area contributed by atoms with Gasteiger partial charge in [-0.15, -0.1) is 0 Å². The highest BCUT2D eigenvalue weighted by Gasteiger charge is 2.40. The first kappa shape index (κ1) is 17.6. The van der Waals surface area contributed by atoms with Gasteiger partial charge in [0.2, 0.25) is 0 Å². The molecule has 0 fully saturated rings. The van der Waals surface area contributed by atoms with Gasteiger partial charge in [-0.2, -0.15) is 13.2 Å². The van der Waals surface area contributed by atoms with Crippen LogP contribution in [-0.4, -0.2) is 23.0 Å². The molecular formula is C13H15ClF3NO3. The van der Waals surface area contributed by atoms with Crippen LogP contribution in [-0.2, 0) is 4.74 Å². The first-order valence-corrected chi connectivity index (χ1v) is 6.32.